The number of hydrogen-bond acceptors (Lipinski definition) is 1. The van der Waals surface area contributed by atoms with E-state index < -0.39 is 0 Å². The molecule has 0 saturated carbocycles. The Morgan fingerprint density at radius 3 is 2.69 bits per heavy atom. The summed E-state index contributed by atoms with van der Waals surface area (Å²) in [6.45, 7) is 12.3. The summed E-state index contributed by atoms with van der Waals surface area (Å²) in [5.41, 5.74) is 2.82. The Morgan fingerprint density at radius 2 is 2.19 bits per heavy atom. The van der Waals surface area contributed by atoms with Crippen LogP contribution in [0.2, 0.25) is 0 Å². The molecule has 0 radical (unpaired) electrons. The summed E-state index contributed by atoms with van der Waals surface area (Å²) in [6.07, 6.45) is 6.43. The molecule has 1 nitrogen and oxygen atoms in total. The minimum Gasteiger partial charge on any atom is -0.384 e. The molecule has 2 atom stereocenters. The van der Waals surface area contributed by atoms with Crippen molar-refractivity contribution in [1.82, 2.24) is 5.32 Å². The van der Waals surface area contributed by atoms with Crippen LogP contribution in [0.3, 0.4) is 0 Å². The van der Waals surface area contributed by atoms with E-state index in [9.17, 15) is 0 Å². The van der Waals surface area contributed by atoms with Gasteiger partial charge < -0.3 is 5.32 Å². The zero-order valence-electron chi connectivity index (χ0n) is 10.6. The Hall–Kier alpha value is -0.810. The van der Waals surface area contributed by atoms with E-state index in [1.807, 2.05) is 13.1 Å². The van der Waals surface area contributed by atoms with Crippen LogP contribution in [-0.2, 0) is 0 Å². The maximum Gasteiger partial charge on any atom is 0.0608 e. The van der Waals surface area contributed by atoms with Crippen LogP contribution in [0.5, 0.6) is 0 Å². The second kappa shape index (κ2) is 6.06. The first-order valence-electron chi connectivity index (χ1n) is 5.85. The minimum atomic E-state index is 0.544. The second-order valence-corrected chi connectivity index (χ2v) is 5.57. The summed E-state index contributed by atoms with van der Waals surface area (Å²) in [7, 11) is 3.31. The molecule has 1 rings (SSSR count). The highest BCUT2D eigenvalue weighted by Gasteiger charge is 2.21. The fourth-order valence-electron chi connectivity index (χ4n) is 2.21. The summed E-state index contributed by atoms with van der Waals surface area (Å²) in [6, 6.07) is 0. The Bertz CT molecular complexity index is 339. The Kier molecular flexibility index (Phi) is 5.02. The molecule has 88 valence electrons. The van der Waals surface area contributed by atoms with Crippen molar-refractivity contribution in [3.63, 3.8) is 0 Å². The molecule has 2 unspecified atom stereocenters. The molecule has 1 N–H and O–H groups in total. The molecule has 0 aromatic rings. The second-order valence-electron chi connectivity index (χ2n) is 4.33. The van der Waals surface area contributed by atoms with Crippen LogP contribution in [-0.4, -0.2) is 12.3 Å². The normalized spacial score (nSPS) is 24.2. The summed E-state index contributed by atoms with van der Waals surface area (Å²) < 4.78 is 0. The fourth-order valence-corrected chi connectivity index (χ4v) is 3.28. The van der Waals surface area contributed by atoms with Crippen LogP contribution in [0.1, 0.15) is 26.7 Å². The van der Waals surface area contributed by atoms with E-state index in [2.05, 4.69) is 38.4 Å². The van der Waals surface area contributed by atoms with Crippen molar-refractivity contribution < 1.29 is 0 Å². The maximum absolute atomic E-state index is 3.92. The number of allylic oxidation sites excluding steroid dienone is 3. The monoisotopic (exact) mass is 235 g/mol. The van der Waals surface area contributed by atoms with Crippen molar-refractivity contribution in [3.8, 4) is 0 Å². The smallest absolute Gasteiger partial charge is 0.0608 e. The van der Waals surface area contributed by atoms with Gasteiger partial charge in [0, 0.05) is 7.05 Å². The first-order chi connectivity index (χ1) is 7.63. The van der Waals surface area contributed by atoms with E-state index >= 15 is 0 Å². The highest BCUT2D eigenvalue weighted by Crippen LogP contribution is 2.35. The van der Waals surface area contributed by atoms with Gasteiger partial charge in [-0.15, -0.1) is 6.58 Å². The van der Waals surface area contributed by atoms with Crippen LogP contribution in [0, 0.1) is 11.8 Å². The summed E-state index contributed by atoms with van der Waals surface area (Å²) in [4.78, 5) is 0. The van der Waals surface area contributed by atoms with Gasteiger partial charge in [0.05, 0.1) is 5.44 Å². The van der Waals surface area contributed by atoms with Crippen molar-refractivity contribution >= 4 is 13.5 Å². The first kappa shape index (κ1) is 13.3. The van der Waals surface area contributed by atoms with Gasteiger partial charge in [0.1, 0.15) is 0 Å². The molecule has 1 aliphatic rings. The average molecular weight is 235 g/mol. The lowest BCUT2D eigenvalue weighted by atomic mass is 9.84. The van der Waals surface area contributed by atoms with Gasteiger partial charge in [0.2, 0.25) is 0 Å². The maximum atomic E-state index is 3.92. The number of nitrogens with one attached hydrogen (secondary N) is 1. The Labute approximate surface area is 101 Å². The topological polar surface area (TPSA) is 12.0 Å². The van der Waals surface area contributed by atoms with Crippen molar-refractivity contribution in [2.45, 2.75) is 26.7 Å². The zero-order chi connectivity index (χ0) is 12.1. The van der Waals surface area contributed by atoms with Gasteiger partial charge in [-0.1, -0.05) is 25.7 Å². The van der Waals surface area contributed by atoms with Gasteiger partial charge in [-0.25, -0.2) is 0 Å². The van der Waals surface area contributed by atoms with Crippen LogP contribution in [0.25, 0.3) is 0 Å². The van der Waals surface area contributed by atoms with Gasteiger partial charge in [0.15, 0.2) is 0 Å². The average Bonchev–Trinajstić information content (AvgIpc) is 2.47. The fraction of sp³-hybridized carbons (Fsp3) is 0.500. The van der Waals surface area contributed by atoms with Crippen molar-refractivity contribution in [1.29, 1.82) is 0 Å². The third-order valence-electron chi connectivity index (χ3n) is 3.38. The lowest BCUT2D eigenvalue weighted by Crippen LogP contribution is -2.14. The van der Waals surface area contributed by atoms with Crippen LogP contribution < -0.4 is 5.32 Å². The molecule has 1 aliphatic heterocycles. The molecule has 0 aromatic heterocycles. The van der Waals surface area contributed by atoms with Crippen molar-refractivity contribution in [2.24, 2.45) is 11.8 Å². The van der Waals surface area contributed by atoms with E-state index in [1.54, 1.807) is 0 Å². The molecular formula is C14H22NP. The van der Waals surface area contributed by atoms with E-state index in [4.69, 9.17) is 0 Å². The van der Waals surface area contributed by atoms with Gasteiger partial charge in [0.25, 0.3) is 0 Å². The molecule has 0 spiro atoms. The van der Waals surface area contributed by atoms with Gasteiger partial charge in [-0.2, -0.15) is 0 Å². The lowest BCUT2D eigenvalue weighted by molar-refractivity contribution is 0.459. The van der Waals surface area contributed by atoms with Crippen LogP contribution in [0.15, 0.2) is 36.3 Å². The number of rotatable bonds is 4. The van der Waals surface area contributed by atoms with Gasteiger partial charge >= 0.3 is 0 Å². The molecule has 1 heterocycles. The van der Waals surface area contributed by atoms with E-state index in [0.717, 1.165) is 6.42 Å². The SMILES string of the molecule is C=CC1=PC(NC)=C(C)C(C(C)C=C)CC1. The van der Waals surface area contributed by atoms with Crippen LogP contribution in [0.4, 0.5) is 0 Å². The van der Waals surface area contributed by atoms with Crippen molar-refractivity contribution in [2.75, 3.05) is 7.05 Å². The predicted octanol–water partition coefficient (Wildman–Crippen LogP) is 3.97. The molecule has 0 fully saturated rings. The highest BCUT2D eigenvalue weighted by molar-refractivity contribution is 7.45. The molecule has 0 amide bonds. The van der Waals surface area contributed by atoms with Gasteiger partial charge in [-0.3, -0.25) is 0 Å². The van der Waals surface area contributed by atoms with Gasteiger partial charge in [-0.05, 0) is 50.7 Å². The van der Waals surface area contributed by atoms with E-state index in [-0.39, 0.29) is 0 Å². The molecule has 0 aliphatic carbocycles. The molecule has 0 saturated heterocycles. The van der Waals surface area contributed by atoms with Crippen LogP contribution >= 0.6 is 8.20 Å². The lowest BCUT2D eigenvalue weighted by Gasteiger charge is -2.22. The Balaban J connectivity index is 3.05. The summed E-state index contributed by atoms with van der Waals surface area (Å²) in [5.74, 6) is 1.16. The van der Waals surface area contributed by atoms with Crippen molar-refractivity contribution in [3.05, 3.63) is 36.3 Å². The van der Waals surface area contributed by atoms with E-state index in [1.165, 1.54) is 30.9 Å². The molecule has 0 aromatic carbocycles. The zero-order valence-corrected chi connectivity index (χ0v) is 11.5. The number of hydrogen-bond donors (Lipinski definition) is 1. The Morgan fingerprint density at radius 1 is 1.50 bits per heavy atom. The summed E-state index contributed by atoms with van der Waals surface area (Å²) >= 11 is 0. The molecule has 16 heavy (non-hydrogen) atoms. The highest BCUT2D eigenvalue weighted by atomic mass is 31.1. The first-order valence-corrected chi connectivity index (χ1v) is 6.74. The largest absolute Gasteiger partial charge is 0.384 e. The quantitative estimate of drug-likeness (QED) is 0.574. The minimum absolute atomic E-state index is 0.544. The molecular weight excluding hydrogens is 213 g/mol. The predicted molar refractivity (Wildman–Crippen MR) is 76.0 cm³/mol. The molecule has 2 heteroatoms. The molecule has 0 bridgehead atoms. The third-order valence-corrected chi connectivity index (χ3v) is 4.87. The standard InChI is InChI=1S/C14H22NP/c1-6-10(3)13-9-8-12(7-2)16-14(15-5)11(13)4/h6-7,10,13,15H,1-2,8-9H2,3-5H3. The summed E-state index contributed by atoms with van der Waals surface area (Å²) in [5, 5.41) is 4.75. The van der Waals surface area contributed by atoms with E-state index in [0.29, 0.717) is 11.8 Å². The third kappa shape index (κ3) is 2.86.